The van der Waals surface area contributed by atoms with Gasteiger partial charge in [0.1, 0.15) is 5.82 Å². The standard InChI is InChI=1S/C16H12FNO2/c17-13-7-5-12(6-8-13)15(19)16(20)18-10-9-11-3-1-2-4-14(11)18/h1-8H,9-10H2. The first-order chi connectivity index (χ1) is 9.66. The van der Waals surface area contributed by atoms with Gasteiger partial charge in [-0.1, -0.05) is 18.2 Å². The topological polar surface area (TPSA) is 37.4 Å². The van der Waals surface area contributed by atoms with Crippen LogP contribution in [-0.2, 0) is 11.2 Å². The maximum Gasteiger partial charge on any atom is 0.299 e. The van der Waals surface area contributed by atoms with Crippen LogP contribution in [0.4, 0.5) is 10.1 Å². The number of benzene rings is 2. The largest absolute Gasteiger partial charge is 0.305 e. The Morgan fingerprint density at radius 3 is 2.45 bits per heavy atom. The molecule has 3 nitrogen and oxygen atoms in total. The minimum absolute atomic E-state index is 0.209. The monoisotopic (exact) mass is 269 g/mol. The van der Waals surface area contributed by atoms with Crippen LogP contribution >= 0.6 is 0 Å². The number of nitrogens with zero attached hydrogens (tertiary/aromatic N) is 1. The fourth-order valence-corrected chi connectivity index (χ4v) is 2.40. The third kappa shape index (κ3) is 2.09. The highest BCUT2D eigenvalue weighted by atomic mass is 19.1. The SMILES string of the molecule is O=C(C(=O)N1CCc2ccccc21)c1ccc(F)cc1. The number of anilines is 1. The van der Waals surface area contributed by atoms with E-state index in [1.165, 1.54) is 29.2 Å². The fourth-order valence-electron chi connectivity index (χ4n) is 2.40. The number of carbonyl (C=O) groups excluding carboxylic acids is 2. The van der Waals surface area contributed by atoms with Gasteiger partial charge in [0.05, 0.1) is 0 Å². The highest BCUT2D eigenvalue weighted by Gasteiger charge is 2.29. The number of hydrogen-bond acceptors (Lipinski definition) is 2. The molecule has 1 aliphatic heterocycles. The third-order valence-electron chi connectivity index (χ3n) is 3.43. The molecular weight excluding hydrogens is 257 g/mol. The van der Waals surface area contributed by atoms with E-state index in [2.05, 4.69) is 0 Å². The Hall–Kier alpha value is -2.49. The summed E-state index contributed by atoms with van der Waals surface area (Å²) in [6, 6.07) is 12.6. The Morgan fingerprint density at radius 1 is 1.00 bits per heavy atom. The number of amides is 1. The van der Waals surface area contributed by atoms with Crippen LogP contribution in [0.3, 0.4) is 0 Å². The maximum absolute atomic E-state index is 12.8. The predicted molar refractivity (Wildman–Crippen MR) is 73.2 cm³/mol. The zero-order valence-electron chi connectivity index (χ0n) is 10.7. The lowest BCUT2D eigenvalue weighted by Crippen LogP contribution is -2.35. The summed E-state index contributed by atoms with van der Waals surface area (Å²) in [5.74, 6) is -1.61. The maximum atomic E-state index is 12.8. The normalized spacial score (nSPS) is 13.2. The van der Waals surface area contributed by atoms with Gasteiger partial charge in [0.15, 0.2) is 0 Å². The quantitative estimate of drug-likeness (QED) is 0.620. The number of halogens is 1. The van der Waals surface area contributed by atoms with Crippen molar-refractivity contribution in [3.8, 4) is 0 Å². The molecule has 100 valence electrons. The van der Waals surface area contributed by atoms with E-state index in [9.17, 15) is 14.0 Å². The van der Waals surface area contributed by atoms with Crippen molar-refractivity contribution in [2.75, 3.05) is 11.4 Å². The molecule has 0 radical (unpaired) electrons. The first-order valence-corrected chi connectivity index (χ1v) is 6.36. The van der Waals surface area contributed by atoms with Crippen molar-refractivity contribution in [1.82, 2.24) is 0 Å². The lowest BCUT2D eigenvalue weighted by Gasteiger charge is -2.16. The van der Waals surface area contributed by atoms with Crippen molar-refractivity contribution in [3.63, 3.8) is 0 Å². The van der Waals surface area contributed by atoms with E-state index in [1.54, 1.807) is 0 Å². The van der Waals surface area contributed by atoms with Crippen molar-refractivity contribution in [2.24, 2.45) is 0 Å². The second-order valence-corrected chi connectivity index (χ2v) is 4.67. The van der Waals surface area contributed by atoms with Crippen LogP contribution in [0.25, 0.3) is 0 Å². The molecule has 0 fully saturated rings. The van der Waals surface area contributed by atoms with Gasteiger partial charge in [-0.25, -0.2) is 4.39 Å². The molecule has 0 saturated carbocycles. The number of carbonyl (C=O) groups is 2. The Morgan fingerprint density at radius 2 is 1.70 bits per heavy atom. The summed E-state index contributed by atoms with van der Waals surface area (Å²) >= 11 is 0. The van der Waals surface area contributed by atoms with Crippen LogP contribution in [0.2, 0.25) is 0 Å². The average Bonchev–Trinajstić information content (AvgIpc) is 2.90. The molecule has 0 aliphatic carbocycles. The van der Waals surface area contributed by atoms with Crippen LogP contribution in [0, 0.1) is 5.82 Å². The van der Waals surface area contributed by atoms with Gasteiger partial charge >= 0.3 is 0 Å². The molecule has 4 heteroatoms. The van der Waals surface area contributed by atoms with Crippen molar-refractivity contribution in [3.05, 3.63) is 65.5 Å². The van der Waals surface area contributed by atoms with Gasteiger partial charge < -0.3 is 4.90 Å². The van der Waals surface area contributed by atoms with E-state index in [4.69, 9.17) is 0 Å². The van der Waals surface area contributed by atoms with Gasteiger partial charge in [0.25, 0.3) is 11.7 Å². The Bertz CT molecular complexity index is 679. The minimum Gasteiger partial charge on any atom is -0.305 e. The van der Waals surface area contributed by atoms with Crippen LogP contribution in [0.15, 0.2) is 48.5 Å². The van der Waals surface area contributed by atoms with E-state index < -0.39 is 17.5 Å². The summed E-state index contributed by atoms with van der Waals surface area (Å²) in [6.07, 6.45) is 0.749. The molecule has 1 aliphatic rings. The fraction of sp³-hybridized carbons (Fsp3) is 0.125. The molecule has 0 saturated heterocycles. The summed E-state index contributed by atoms with van der Waals surface area (Å²) in [4.78, 5) is 25.9. The summed E-state index contributed by atoms with van der Waals surface area (Å²) in [6.45, 7) is 0.505. The molecule has 0 atom stereocenters. The summed E-state index contributed by atoms with van der Waals surface area (Å²) < 4.78 is 12.8. The zero-order chi connectivity index (χ0) is 14.1. The number of hydrogen-bond donors (Lipinski definition) is 0. The molecule has 1 amide bonds. The van der Waals surface area contributed by atoms with Crippen LogP contribution in [0.5, 0.6) is 0 Å². The lowest BCUT2D eigenvalue weighted by molar-refractivity contribution is -0.114. The van der Waals surface area contributed by atoms with Gasteiger partial charge in [-0.2, -0.15) is 0 Å². The van der Waals surface area contributed by atoms with E-state index >= 15 is 0 Å². The van der Waals surface area contributed by atoms with Gasteiger partial charge in [-0.3, -0.25) is 9.59 Å². The van der Waals surface area contributed by atoms with E-state index in [0.717, 1.165) is 17.7 Å². The molecule has 0 aromatic heterocycles. The number of rotatable bonds is 2. The molecule has 0 spiro atoms. The van der Waals surface area contributed by atoms with E-state index in [1.807, 2.05) is 24.3 Å². The van der Waals surface area contributed by atoms with Crippen molar-refractivity contribution in [1.29, 1.82) is 0 Å². The lowest BCUT2D eigenvalue weighted by atomic mass is 10.1. The minimum atomic E-state index is -0.610. The number of para-hydroxylation sites is 1. The van der Waals surface area contributed by atoms with Crippen LogP contribution in [0.1, 0.15) is 15.9 Å². The van der Waals surface area contributed by atoms with Crippen LogP contribution < -0.4 is 4.90 Å². The molecular formula is C16H12FNO2. The second kappa shape index (κ2) is 4.89. The average molecular weight is 269 g/mol. The molecule has 0 N–H and O–H groups in total. The molecule has 2 aromatic rings. The van der Waals surface area contributed by atoms with E-state index in [-0.39, 0.29) is 5.56 Å². The van der Waals surface area contributed by atoms with Gasteiger partial charge in [0.2, 0.25) is 0 Å². The second-order valence-electron chi connectivity index (χ2n) is 4.67. The summed E-state index contributed by atoms with van der Waals surface area (Å²) in [5.41, 5.74) is 2.06. The molecule has 3 rings (SSSR count). The highest BCUT2D eigenvalue weighted by Crippen LogP contribution is 2.27. The smallest absolute Gasteiger partial charge is 0.299 e. The number of ketones is 1. The number of fused-ring (bicyclic) bond motifs is 1. The summed E-state index contributed by atoms with van der Waals surface area (Å²) in [7, 11) is 0. The molecule has 20 heavy (non-hydrogen) atoms. The van der Waals surface area contributed by atoms with Gasteiger partial charge in [-0.15, -0.1) is 0 Å². The molecule has 2 aromatic carbocycles. The Labute approximate surface area is 115 Å². The van der Waals surface area contributed by atoms with Gasteiger partial charge in [-0.05, 0) is 42.3 Å². The highest BCUT2D eigenvalue weighted by molar-refractivity contribution is 6.47. The van der Waals surface area contributed by atoms with Crippen LogP contribution in [-0.4, -0.2) is 18.2 Å². The third-order valence-corrected chi connectivity index (χ3v) is 3.43. The summed E-state index contributed by atoms with van der Waals surface area (Å²) in [5, 5.41) is 0. The number of Topliss-reactive ketones (excluding diaryl/α,β-unsaturated/α-hetero) is 1. The molecule has 0 unspecified atom stereocenters. The van der Waals surface area contributed by atoms with Crippen molar-refractivity contribution in [2.45, 2.75) is 6.42 Å². The first-order valence-electron chi connectivity index (χ1n) is 6.36. The first kappa shape index (κ1) is 12.5. The Balaban J connectivity index is 1.87. The van der Waals surface area contributed by atoms with Crippen molar-refractivity contribution < 1.29 is 14.0 Å². The van der Waals surface area contributed by atoms with E-state index in [0.29, 0.717) is 6.54 Å². The van der Waals surface area contributed by atoms with Gasteiger partial charge in [0, 0.05) is 17.8 Å². The van der Waals surface area contributed by atoms with Crippen molar-refractivity contribution >= 4 is 17.4 Å². The predicted octanol–water partition coefficient (Wildman–Crippen LogP) is 2.60. The zero-order valence-corrected chi connectivity index (χ0v) is 10.7. The molecule has 0 bridgehead atoms. The Kier molecular flexibility index (Phi) is 3.06. The molecule has 1 heterocycles.